The summed E-state index contributed by atoms with van der Waals surface area (Å²) in [5.41, 5.74) is 1.05. The predicted molar refractivity (Wildman–Crippen MR) is 123 cm³/mol. The minimum atomic E-state index is -1.44. The van der Waals surface area contributed by atoms with Crippen LogP contribution in [-0.2, 0) is 15.1 Å². The summed E-state index contributed by atoms with van der Waals surface area (Å²) in [5.74, 6) is -0.137. The fraction of sp³-hybridized carbons (Fsp3) is 0.391. The van der Waals surface area contributed by atoms with Crippen LogP contribution in [0.2, 0.25) is 10.0 Å². The highest BCUT2D eigenvalue weighted by atomic mass is 35.5. The number of aliphatic hydroxyl groups excluding tert-OH is 1. The number of carbonyl (C=O) groups is 2. The number of nitrogens with one attached hydrogen (secondary N) is 2. The first-order valence-corrected chi connectivity index (χ1v) is 11.1. The van der Waals surface area contributed by atoms with E-state index in [0.717, 1.165) is 0 Å². The van der Waals surface area contributed by atoms with Crippen molar-refractivity contribution in [2.75, 3.05) is 33.1 Å². The summed E-state index contributed by atoms with van der Waals surface area (Å²) in [7, 11) is 4.90. The van der Waals surface area contributed by atoms with E-state index in [-0.39, 0.29) is 29.3 Å². The average Bonchev–Trinajstić information content (AvgIpc) is 3.24. The van der Waals surface area contributed by atoms with E-state index in [9.17, 15) is 14.7 Å². The van der Waals surface area contributed by atoms with E-state index in [1.54, 1.807) is 37.4 Å². The highest BCUT2D eigenvalue weighted by Gasteiger charge is 2.69. The van der Waals surface area contributed by atoms with Crippen molar-refractivity contribution in [1.82, 2.24) is 5.32 Å². The van der Waals surface area contributed by atoms with Crippen LogP contribution < -0.4 is 15.4 Å². The van der Waals surface area contributed by atoms with Gasteiger partial charge >= 0.3 is 0 Å². The molecule has 4 rings (SSSR count). The quantitative estimate of drug-likeness (QED) is 0.589. The van der Waals surface area contributed by atoms with E-state index in [4.69, 9.17) is 27.9 Å². The number of hydrogen-bond acceptors (Lipinski definition) is 4. The molecule has 170 valence electrons. The number of quaternary nitrogens is 1. The number of carbonyl (C=O) groups excluding carboxylic acids is 2. The fourth-order valence-corrected chi connectivity index (χ4v) is 5.93. The topological polar surface area (TPSA) is 87.7 Å². The van der Waals surface area contributed by atoms with E-state index in [0.29, 0.717) is 38.2 Å². The van der Waals surface area contributed by atoms with Gasteiger partial charge in [0.05, 0.1) is 31.0 Å². The lowest BCUT2D eigenvalue weighted by molar-refractivity contribution is -0.953. The fourth-order valence-electron chi connectivity index (χ4n) is 5.60. The number of benzene rings is 2. The first-order valence-electron chi connectivity index (χ1n) is 10.3. The number of halogens is 2. The zero-order valence-electron chi connectivity index (χ0n) is 18.3. The molecule has 0 spiro atoms. The van der Waals surface area contributed by atoms with E-state index < -0.39 is 17.7 Å². The summed E-state index contributed by atoms with van der Waals surface area (Å²) in [5, 5.41) is 17.3. The molecule has 2 aliphatic rings. The third kappa shape index (κ3) is 2.95. The average molecular weight is 479 g/mol. The Bertz CT molecular complexity index is 1120. The van der Waals surface area contributed by atoms with Crippen molar-refractivity contribution in [2.24, 2.45) is 0 Å². The third-order valence-electron chi connectivity index (χ3n) is 6.98. The molecule has 0 bridgehead atoms. The second kappa shape index (κ2) is 7.92. The molecule has 2 aromatic carbocycles. The number of rotatable bonds is 4. The normalized spacial score (nSPS) is 28.9. The Labute approximate surface area is 196 Å². The number of amides is 2. The van der Waals surface area contributed by atoms with Gasteiger partial charge in [-0.25, -0.2) is 0 Å². The van der Waals surface area contributed by atoms with Crippen molar-refractivity contribution in [3.8, 4) is 5.75 Å². The van der Waals surface area contributed by atoms with Crippen molar-refractivity contribution in [3.63, 3.8) is 0 Å². The van der Waals surface area contributed by atoms with Crippen molar-refractivity contribution in [3.05, 3.63) is 57.1 Å². The summed E-state index contributed by atoms with van der Waals surface area (Å²) in [6.07, 6.45) is -0.566. The second-order valence-corrected chi connectivity index (χ2v) is 9.42. The summed E-state index contributed by atoms with van der Waals surface area (Å²) in [6.45, 7) is 2.02. The van der Waals surface area contributed by atoms with Gasteiger partial charge in [-0.1, -0.05) is 23.2 Å². The molecule has 0 aliphatic carbocycles. The van der Waals surface area contributed by atoms with Crippen molar-refractivity contribution in [2.45, 2.75) is 31.0 Å². The molecular formula is C23H26Cl2N3O4+. The lowest BCUT2D eigenvalue weighted by Gasteiger charge is -2.49. The molecule has 0 saturated carbocycles. The highest BCUT2D eigenvalue weighted by molar-refractivity contribution is 6.32. The Morgan fingerprint density at radius 1 is 1.31 bits per heavy atom. The summed E-state index contributed by atoms with van der Waals surface area (Å²) >= 11 is 13.0. The van der Waals surface area contributed by atoms with Gasteiger partial charge in [0.25, 0.3) is 11.8 Å². The molecule has 2 aromatic rings. The maximum absolute atomic E-state index is 14.1. The number of ether oxygens (including phenoxy) is 1. The maximum Gasteiger partial charge on any atom is 0.295 e. The molecule has 2 amide bonds. The van der Waals surface area contributed by atoms with Gasteiger partial charge in [0, 0.05) is 23.5 Å². The minimum Gasteiger partial charge on any atom is -0.496 e. The number of aliphatic hydroxyl groups is 1. The molecule has 0 radical (unpaired) electrons. The number of likely N-dealkylation sites (N-methyl/N-ethyl adjacent to an activating group) is 2. The molecule has 2 aliphatic heterocycles. The van der Waals surface area contributed by atoms with E-state index in [1.807, 2.05) is 14.0 Å². The van der Waals surface area contributed by atoms with Crippen LogP contribution >= 0.6 is 23.2 Å². The summed E-state index contributed by atoms with van der Waals surface area (Å²) < 4.78 is 5.59. The third-order valence-corrected chi connectivity index (χ3v) is 7.62. The van der Waals surface area contributed by atoms with Crippen LogP contribution in [0.1, 0.15) is 23.1 Å². The Morgan fingerprint density at radius 2 is 2.03 bits per heavy atom. The van der Waals surface area contributed by atoms with Crippen LogP contribution in [0.15, 0.2) is 30.3 Å². The van der Waals surface area contributed by atoms with Crippen molar-refractivity contribution < 1.29 is 23.9 Å². The number of fused-ring (bicyclic) bond motifs is 1. The SMILES string of the molecule is CNC(=O)[C@@H]1C[C@@H](O)C[N+]1(C)C1(c2cc(Cl)ccc2OC)C(=O)Nc2ccc(Cl)c(C)c21. The largest absolute Gasteiger partial charge is 0.496 e. The zero-order valence-corrected chi connectivity index (χ0v) is 19.8. The van der Waals surface area contributed by atoms with Crippen molar-refractivity contribution >= 4 is 40.7 Å². The van der Waals surface area contributed by atoms with Gasteiger partial charge in [-0.15, -0.1) is 0 Å². The number of anilines is 1. The Morgan fingerprint density at radius 3 is 2.69 bits per heavy atom. The van der Waals surface area contributed by atoms with E-state index in [2.05, 4.69) is 10.6 Å². The number of hydrogen-bond donors (Lipinski definition) is 3. The van der Waals surface area contributed by atoms with Crippen molar-refractivity contribution in [1.29, 1.82) is 0 Å². The zero-order chi connectivity index (χ0) is 23.4. The summed E-state index contributed by atoms with van der Waals surface area (Å²) in [4.78, 5) is 27.1. The highest BCUT2D eigenvalue weighted by Crippen LogP contribution is 2.56. The molecule has 1 saturated heterocycles. The van der Waals surface area contributed by atoms with Crippen LogP contribution in [0.3, 0.4) is 0 Å². The van der Waals surface area contributed by atoms with Gasteiger partial charge in [0.1, 0.15) is 18.4 Å². The molecule has 0 aromatic heterocycles. The molecular weight excluding hydrogens is 453 g/mol. The lowest BCUT2D eigenvalue weighted by atomic mass is 9.77. The predicted octanol–water partition coefficient (Wildman–Crippen LogP) is 2.83. The molecule has 1 fully saturated rings. The number of methoxy groups -OCH3 is 1. The van der Waals surface area contributed by atoms with Crippen LogP contribution in [0, 0.1) is 6.92 Å². The monoisotopic (exact) mass is 478 g/mol. The van der Waals surface area contributed by atoms with Gasteiger partial charge in [-0.3, -0.25) is 14.1 Å². The summed E-state index contributed by atoms with van der Waals surface area (Å²) in [6, 6.07) is 7.88. The molecule has 4 atom stereocenters. The number of likely N-dealkylation sites (tertiary alicyclic amines) is 1. The van der Waals surface area contributed by atoms with E-state index >= 15 is 0 Å². The second-order valence-electron chi connectivity index (χ2n) is 8.57. The molecule has 9 heteroatoms. The molecule has 32 heavy (non-hydrogen) atoms. The maximum atomic E-state index is 14.1. The Hall–Kier alpha value is -2.32. The van der Waals surface area contributed by atoms with Crippen LogP contribution in [0.4, 0.5) is 5.69 Å². The van der Waals surface area contributed by atoms with Crippen LogP contribution in [0.25, 0.3) is 0 Å². The molecule has 2 heterocycles. The minimum absolute atomic E-state index is 0.0927. The van der Waals surface area contributed by atoms with E-state index in [1.165, 1.54) is 7.11 Å². The first kappa shape index (κ1) is 22.9. The molecule has 7 nitrogen and oxygen atoms in total. The molecule has 3 N–H and O–H groups in total. The first-order chi connectivity index (χ1) is 15.1. The lowest BCUT2D eigenvalue weighted by Crippen LogP contribution is -2.68. The van der Waals surface area contributed by atoms with Crippen LogP contribution in [0.5, 0.6) is 5.75 Å². The van der Waals surface area contributed by atoms with Gasteiger partial charge in [-0.05, 0) is 42.8 Å². The Balaban J connectivity index is 2.18. The standard InChI is InChI=1S/C23H25Cl2N3O4/c1-12-16(25)6-7-17-20(12)23(22(31)27-17,15-9-13(24)5-8-19(15)32-4)28(3)11-14(29)10-18(28)21(30)26-2/h5-9,14,18,29H,10-11H2,1-4H3,(H-,26,27,30,31)/p+1/t14-,18+,23?,28?/m1/s1. The van der Waals surface area contributed by atoms with Gasteiger partial charge in [-0.2, -0.15) is 0 Å². The van der Waals surface area contributed by atoms with Gasteiger partial charge in [0.2, 0.25) is 5.54 Å². The Kier molecular flexibility index (Phi) is 5.66. The van der Waals surface area contributed by atoms with Gasteiger partial charge < -0.3 is 20.5 Å². The van der Waals surface area contributed by atoms with Crippen LogP contribution in [-0.4, -0.2) is 61.3 Å². The number of nitrogens with zero attached hydrogens (tertiary/aromatic N) is 1. The smallest absolute Gasteiger partial charge is 0.295 e. The van der Waals surface area contributed by atoms with Gasteiger partial charge in [0.15, 0.2) is 6.04 Å². The molecule has 2 unspecified atom stereocenters.